The number of nitrogens with zero attached hydrogens (tertiary/aromatic N) is 2. The van der Waals surface area contributed by atoms with E-state index in [1.807, 2.05) is 125 Å². The number of hydrogen-bond acceptors (Lipinski definition) is 6. The Morgan fingerprint density at radius 2 is 0.784 bits per heavy atom. The second kappa shape index (κ2) is 15.3. The number of carbonyl (C=O) groups excluding carboxylic acids is 4. The Kier molecular flexibility index (Phi) is 10.5. The van der Waals surface area contributed by atoms with Crippen molar-refractivity contribution in [3.05, 3.63) is 108 Å². The molecule has 0 bridgehead atoms. The van der Waals surface area contributed by atoms with E-state index >= 15 is 0 Å². The molecular weight excluding hydrogens is 640 g/mol. The summed E-state index contributed by atoms with van der Waals surface area (Å²) >= 11 is 0. The van der Waals surface area contributed by atoms with Crippen LogP contribution in [0.4, 0.5) is 0 Å². The highest BCUT2D eigenvalue weighted by molar-refractivity contribution is 6.18. The van der Waals surface area contributed by atoms with Crippen molar-refractivity contribution in [2.24, 2.45) is 11.8 Å². The maximum absolute atomic E-state index is 13.8. The van der Waals surface area contributed by atoms with Crippen molar-refractivity contribution in [1.29, 1.82) is 0 Å². The Labute approximate surface area is 296 Å². The van der Waals surface area contributed by atoms with Crippen LogP contribution in [0.15, 0.2) is 97.1 Å². The Balaban J connectivity index is 1.06. The second-order valence-electron chi connectivity index (χ2n) is 13.4. The summed E-state index contributed by atoms with van der Waals surface area (Å²) in [6.45, 7) is 8.09. The lowest BCUT2D eigenvalue weighted by Gasteiger charge is -2.23. The third kappa shape index (κ3) is 7.50. The van der Waals surface area contributed by atoms with Crippen LogP contribution in [0.5, 0.6) is 0 Å². The molecule has 2 heterocycles. The van der Waals surface area contributed by atoms with Gasteiger partial charge in [0.15, 0.2) is 0 Å². The molecule has 0 saturated heterocycles. The van der Waals surface area contributed by atoms with Gasteiger partial charge in [0.2, 0.25) is 11.8 Å². The Morgan fingerprint density at radius 3 is 1.08 bits per heavy atom. The van der Waals surface area contributed by atoms with Crippen LogP contribution < -0.4 is 21.3 Å². The highest BCUT2D eigenvalue weighted by atomic mass is 16.2. The third-order valence-electron chi connectivity index (χ3n) is 9.05. The van der Waals surface area contributed by atoms with Gasteiger partial charge in [0, 0.05) is 34.6 Å². The summed E-state index contributed by atoms with van der Waals surface area (Å²) in [6, 6.07) is 28.3. The number of amides is 4. The van der Waals surface area contributed by atoms with Crippen molar-refractivity contribution >= 4 is 67.2 Å². The van der Waals surface area contributed by atoms with Gasteiger partial charge >= 0.3 is 0 Å². The first-order valence-electron chi connectivity index (χ1n) is 17.4. The summed E-state index contributed by atoms with van der Waals surface area (Å²) in [7, 11) is 0. The van der Waals surface area contributed by atoms with Crippen LogP contribution in [-0.4, -0.2) is 58.8 Å². The van der Waals surface area contributed by atoms with Crippen LogP contribution in [0.1, 0.15) is 54.8 Å². The van der Waals surface area contributed by atoms with Gasteiger partial charge in [0.05, 0.1) is 33.2 Å². The maximum atomic E-state index is 13.8. The van der Waals surface area contributed by atoms with E-state index < -0.39 is 12.1 Å². The zero-order chi connectivity index (χ0) is 36.1. The molecule has 10 heteroatoms. The van der Waals surface area contributed by atoms with Gasteiger partial charge in [-0.2, -0.15) is 0 Å². The SMILES string of the molecule is CC(C)[C@H](NC(=O)c1c2ccccc2nc2ccccc12)C(=O)NCCCNC(=O)[C@@H](NC(=O)c1c2ccccc2nc2ccccc12)C(C)C. The van der Waals surface area contributed by atoms with Gasteiger partial charge in [-0.05, 0) is 42.5 Å². The number of rotatable bonds is 12. The highest BCUT2D eigenvalue weighted by Gasteiger charge is 2.28. The Morgan fingerprint density at radius 1 is 0.490 bits per heavy atom. The minimum Gasteiger partial charge on any atom is -0.354 e. The molecule has 0 radical (unpaired) electrons. The maximum Gasteiger partial charge on any atom is 0.253 e. The first kappa shape index (κ1) is 34.9. The normalized spacial score (nSPS) is 12.7. The lowest BCUT2D eigenvalue weighted by atomic mass is 9.99. The summed E-state index contributed by atoms with van der Waals surface area (Å²) in [6.07, 6.45) is 0.453. The second-order valence-corrected chi connectivity index (χ2v) is 13.4. The minimum atomic E-state index is -0.779. The number of carbonyl (C=O) groups is 4. The Hall–Kier alpha value is -5.90. The van der Waals surface area contributed by atoms with Gasteiger partial charge in [0.25, 0.3) is 11.8 Å². The highest BCUT2D eigenvalue weighted by Crippen LogP contribution is 2.27. The fourth-order valence-corrected chi connectivity index (χ4v) is 6.40. The van der Waals surface area contributed by atoms with E-state index in [9.17, 15) is 19.2 Å². The van der Waals surface area contributed by atoms with Gasteiger partial charge in [-0.15, -0.1) is 0 Å². The topological polar surface area (TPSA) is 142 Å². The van der Waals surface area contributed by atoms with Gasteiger partial charge < -0.3 is 21.3 Å². The third-order valence-corrected chi connectivity index (χ3v) is 9.05. The summed E-state index contributed by atoms with van der Waals surface area (Å²) in [5.74, 6) is -1.68. The predicted molar refractivity (Wildman–Crippen MR) is 201 cm³/mol. The quantitative estimate of drug-likeness (QED) is 0.0933. The van der Waals surface area contributed by atoms with Crippen molar-refractivity contribution in [3.63, 3.8) is 0 Å². The molecule has 51 heavy (non-hydrogen) atoms. The van der Waals surface area contributed by atoms with E-state index in [0.29, 0.717) is 61.2 Å². The summed E-state index contributed by atoms with van der Waals surface area (Å²) in [5.41, 5.74) is 3.77. The fraction of sp³-hybridized carbons (Fsp3) is 0.268. The van der Waals surface area contributed by atoms with E-state index in [2.05, 4.69) is 21.3 Å². The van der Waals surface area contributed by atoms with Crippen LogP contribution in [0.3, 0.4) is 0 Å². The van der Waals surface area contributed by atoms with E-state index in [1.165, 1.54) is 0 Å². The molecule has 0 aliphatic carbocycles. The first-order valence-corrected chi connectivity index (χ1v) is 17.4. The number of benzene rings is 4. The molecule has 0 aliphatic rings. The van der Waals surface area contributed by atoms with Crippen molar-refractivity contribution in [2.75, 3.05) is 13.1 Å². The van der Waals surface area contributed by atoms with Crippen LogP contribution in [0.2, 0.25) is 0 Å². The zero-order valence-electron chi connectivity index (χ0n) is 29.2. The van der Waals surface area contributed by atoms with Gasteiger partial charge in [-0.1, -0.05) is 100 Å². The summed E-state index contributed by atoms with van der Waals surface area (Å²) < 4.78 is 0. The summed E-state index contributed by atoms with van der Waals surface area (Å²) in [5, 5.41) is 14.6. The molecular formula is C41H42N6O4. The van der Waals surface area contributed by atoms with Crippen molar-refractivity contribution in [1.82, 2.24) is 31.2 Å². The smallest absolute Gasteiger partial charge is 0.253 e. The predicted octanol–water partition coefficient (Wildman–Crippen LogP) is 5.92. The van der Waals surface area contributed by atoms with Crippen molar-refractivity contribution in [3.8, 4) is 0 Å². The average molecular weight is 683 g/mol. The number of para-hydroxylation sites is 4. The standard InChI is InChI=1S/C41H42N6O4/c1-24(2)36(46-38(48)34-26-14-5-9-18-30(26)44-31-19-10-6-15-27(31)34)40(50)42-22-13-23-43-41(51)37(25(3)4)47-39(49)35-28-16-7-11-20-32(28)45-33-21-12-8-17-29(33)35/h5-12,14-21,24-25,36-37H,13,22-23H2,1-4H3,(H,42,50)(H,43,51)(H,46,48)(H,47,49)/t36-,37-/m0/s1. The van der Waals surface area contributed by atoms with E-state index in [-0.39, 0.29) is 48.6 Å². The molecule has 10 nitrogen and oxygen atoms in total. The van der Waals surface area contributed by atoms with Crippen LogP contribution in [0.25, 0.3) is 43.6 Å². The number of nitrogens with one attached hydrogen (secondary N) is 4. The molecule has 0 fully saturated rings. The largest absolute Gasteiger partial charge is 0.354 e. The molecule has 4 aromatic carbocycles. The molecule has 4 N–H and O–H groups in total. The molecule has 6 rings (SSSR count). The van der Waals surface area contributed by atoms with Gasteiger partial charge in [-0.25, -0.2) is 9.97 Å². The van der Waals surface area contributed by atoms with Crippen LogP contribution >= 0.6 is 0 Å². The molecule has 0 unspecified atom stereocenters. The molecule has 0 spiro atoms. The Bertz CT molecular complexity index is 2000. The lowest BCUT2D eigenvalue weighted by Crippen LogP contribution is -2.51. The average Bonchev–Trinajstić information content (AvgIpc) is 3.13. The molecule has 0 saturated carbocycles. The van der Waals surface area contributed by atoms with Crippen molar-refractivity contribution < 1.29 is 19.2 Å². The lowest BCUT2D eigenvalue weighted by molar-refractivity contribution is -0.124. The molecule has 4 amide bonds. The van der Waals surface area contributed by atoms with Gasteiger partial charge in [0.1, 0.15) is 12.1 Å². The van der Waals surface area contributed by atoms with Crippen LogP contribution in [0, 0.1) is 11.8 Å². The zero-order valence-corrected chi connectivity index (χ0v) is 29.2. The monoisotopic (exact) mass is 682 g/mol. The van der Waals surface area contributed by atoms with E-state index in [1.54, 1.807) is 0 Å². The minimum absolute atomic E-state index is 0.182. The van der Waals surface area contributed by atoms with Crippen molar-refractivity contribution in [2.45, 2.75) is 46.2 Å². The number of hydrogen-bond donors (Lipinski definition) is 4. The molecule has 0 aliphatic heterocycles. The molecule has 2 aromatic heterocycles. The molecule has 260 valence electrons. The number of fused-ring (bicyclic) bond motifs is 4. The van der Waals surface area contributed by atoms with E-state index in [4.69, 9.17) is 9.97 Å². The van der Waals surface area contributed by atoms with E-state index in [0.717, 1.165) is 0 Å². The number of aromatic nitrogens is 2. The fourth-order valence-electron chi connectivity index (χ4n) is 6.40. The first-order chi connectivity index (χ1) is 24.6. The van der Waals surface area contributed by atoms with Gasteiger partial charge in [-0.3, -0.25) is 19.2 Å². The molecule has 6 aromatic rings. The number of pyridine rings is 2. The molecule has 2 atom stereocenters. The summed E-state index contributed by atoms with van der Waals surface area (Å²) in [4.78, 5) is 63.6. The van der Waals surface area contributed by atoms with Crippen LogP contribution in [-0.2, 0) is 9.59 Å².